The smallest absolute Gasteiger partial charge is 0.250 e. The topological polar surface area (TPSA) is 244 Å². The maximum Gasteiger partial charge on any atom is 0.250 e. The molecule has 0 aliphatic heterocycles. The Morgan fingerprint density at radius 1 is 0.352 bits per heavy atom. The molecule has 0 aromatic carbocycles. The highest BCUT2D eigenvalue weighted by Gasteiger charge is 2.40. The third-order valence-electron chi connectivity index (χ3n) is 19.3. The second-order valence-electron chi connectivity index (χ2n) is 25.9. The Hall–Kier alpha value is -8.40. The molecule has 12 rings (SSSR count). The van der Waals surface area contributed by atoms with Crippen molar-refractivity contribution in [1.29, 1.82) is 0 Å². The lowest BCUT2D eigenvalue weighted by atomic mass is 9.70. The van der Waals surface area contributed by atoms with Gasteiger partial charge in [0.1, 0.15) is 12.2 Å². The molecule has 4 aliphatic rings. The molecule has 0 amide bonds. The van der Waals surface area contributed by atoms with Crippen molar-refractivity contribution < 1.29 is 9.47 Å². The van der Waals surface area contributed by atoms with E-state index in [0.717, 1.165) is 74.1 Å². The van der Waals surface area contributed by atoms with Gasteiger partial charge in [-0.25, -0.2) is 9.97 Å². The van der Waals surface area contributed by atoms with Gasteiger partial charge in [0.25, 0.3) is 11.1 Å². The van der Waals surface area contributed by atoms with Crippen LogP contribution in [0.1, 0.15) is 165 Å². The Morgan fingerprint density at radius 3 is 0.875 bits per heavy atom. The van der Waals surface area contributed by atoms with Crippen LogP contribution in [0, 0.1) is 47.3 Å². The first-order chi connectivity index (χ1) is 42.4. The van der Waals surface area contributed by atoms with Crippen molar-refractivity contribution in [3.8, 4) is 11.8 Å². The SMILES string of the molecule is C[C@@H]1CC(c2ccncc2N)C[C@H](C)C1Oc1ccccn1.C[C@@H]1CC(c2ccncc2N)C[C@H](C)C1Oc1ccccn1.C[C@@H]1CC(c2ccncc2N)C[C@H](C)C1n1ccccc1=O.C[C@@H]1CC(c2ccncc2N)C[C@H](C)C1n1ccccc1=O. The van der Waals surface area contributed by atoms with Gasteiger partial charge in [0.05, 0.1) is 47.5 Å². The Bertz CT molecular complexity index is 3310. The number of nitrogens with two attached hydrogens (primary N) is 4. The Labute approximate surface area is 520 Å². The summed E-state index contributed by atoms with van der Waals surface area (Å²) in [7, 11) is 0. The molecule has 16 nitrogen and oxygen atoms in total. The molecule has 8 N–H and O–H groups in total. The zero-order valence-corrected chi connectivity index (χ0v) is 52.6. The summed E-state index contributed by atoms with van der Waals surface area (Å²) in [5.41, 5.74) is 32.6. The van der Waals surface area contributed by atoms with Gasteiger partial charge < -0.3 is 41.5 Å². The van der Waals surface area contributed by atoms with Crippen LogP contribution in [-0.4, -0.2) is 51.2 Å². The minimum absolute atomic E-state index is 0.0908. The molecule has 16 heteroatoms. The lowest BCUT2D eigenvalue weighted by Gasteiger charge is -2.40. The van der Waals surface area contributed by atoms with Gasteiger partial charge in [0.15, 0.2) is 0 Å². The highest BCUT2D eigenvalue weighted by Crippen LogP contribution is 2.48. The van der Waals surface area contributed by atoms with Gasteiger partial charge in [-0.05, 0) is 193 Å². The predicted octanol–water partition coefficient (Wildman–Crippen LogP) is 13.7. The van der Waals surface area contributed by atoms with Crippen LogP contribution in [-0.2, 0) is 0 Å². The summed E-state index contributed by atoms with van der Waals surface area (Å²) >= 11 is 0. The van der Waals surface area contributed by atoms with Crippen LogP contribution in [0.2, 0.25) is 0 Å². The fourth-order valence-corrected chi connectivity index (χ4v) is 15.5. The molecule has 0 spiro atoms. The minimum Gasteiger partial charge on any atom is -0.474 e. The van der Waals surface area contributed by atoms with Gasteiger partial charge >= 0.3 is 0 Å². The Morgan fingerprint density at radius 2 is 0.625 bits per heavy atom. The van der Waals surface area contributed by atoms with Gasteiger partial charge in [0.2, 0.25) is 11.8 Å². The second kappa shape index (κ2) is 30.0. The van der Waals surface area contributed by atoms with Crippen LogP contribution < -0.4 is 43.5 Å². The average Bonchev–Trinajstić information content (AvgIpc) is 3.56. The quantitative estimate of drug-likeness (QED) is 0.0995. The molecule has 8 aromatic heterocycles. The van der Waals surface area contributed by atoms with E-state index in [4.69, 9.17) is 32.4 Å². The summed E-state index contributed by atoms with van der Waals surface area (Å²) in [6.45, 7) is 18.0. The van der Waals surface area contributed by atoms with E-state index in [0.29, 0.717) is 82.8 Å². The van der Waals surface area contributed by atoms with Gasteiger partial charge in [0, 0.05) is 85.9 Å². The van der Waals surface area contributed by atoms with Crippen molar-refractivity contribution in [3.63, 3.8) is 0 Å². The number of anilines is 4. The third-order valence-corrected chi connectivity index (χ3v) is 19.3. The van der Waals surface area contributed by atoms with E-state index in [9.17, 15) is 9.59 Å². The molecule has 4 saturated carbocycles. The third kappa shape index (κ3) is 15.8. The average molecular weight is 1190 g/mol. The van der Waals surface area contributed by atoms with E-state index in [2.05, 4.69) is 97.4 Å². The monoisotopic (exact) mass is 1190 g/mol. The molecule has 88 heavy (non-hydrogen) atoms. The van der Waals surface area contributed by atoms with Crippen molar-refractivity contribution in [2.45, 2.75) is 155 Å². The molecule has 0 bridgehead atoms. The summed E-state index contributed by atoms with van der Waals surface area (Å²) in [5.74, 6) is 6.87. The van der Waals surface area contributed by atoms with Gasteiger partial charge in [-0.3, -0.25) is 29.5 Å². The summed E-state index contributed by atoms with van der Waals surface area (Å²) in [6.07, 6.45) is 30.5. The molecule has 8 heterocycles. The largest absolute Gasteiger partial charge is 0.474 e. The van der Waals surface area contributed by atoms with Gasteiger partial charge in [-0.15, -0.1) is 0 Å². The molecule has 4 fully saturated rings. The lowest BCUT2D eigenvalue weighted by molar-refractivity contribution is 0.0426. The number of rotatable bonds is 10. The summed E-state index contributed by atoms with van der Waals surface area (Å²) in [4.78, 5) is 49.2. The van der Waals surface area contributed by atoms with Gasteiger partial charge in [-0.1, -0.05) is 79.7 Å². The number of aromatic nitrogens is 8. The first kappa shape index (κ1) is 64.1. The van der Waals surface area contributed by atoms with Crippen molar-refractivity contribution >= 4 is 22.7 Å². The maximum atomic E-state index is 12.1. The van der Waals surface area contributed by atoms with Crippen LogP contribution in [0.15, 0.2) is 181 Å². The zero-order chi connectivity index (χ0) is 62.4. The molecule has 8 aromatic rings. The van der Waals surface area contributed by atoms with Crippen molar-refractivity contribution in [2.24, 2.45) is 47.3 Å². The summed E-state index contributed by atoms with van der Waals surface area (Å²) in [5, 5.41) is 0. The zero-order valence-electron chi connectivity index (χ0n) is 52.6. The fraction of sp³-hybridized carbons (Fsp3) is 0.444. The normalized spacial score (nSPS) is 28.4. The first-order valence-electron chi connectivity index (χ1n) is 31.7. The van der Waals surface area contributed by atoms with Crippen LogP contribution in [0.25, 0.3) is 0 Å². The maximum absolute atomic E-state index is 12.1. The Balaban J connectivity index is 0.000000140. The highest BCUT2D eigenvalue weighted by atomic mass is 16.5. The second-order valence-corrected chi connectivity index (χ2v) is 25.9. The fourth-order valence-electron chi connectivity index (χ4n) is 15.5. The molecule has 0 radical (unpaired) electrons. The van der Waals surface area contributed by atoms with Gasteiger partial charge in [-0.2, -0.15) is 0 Å². The van der Waals surface area contributed by atoms with E-state index in [1.165, 1.54) is 22.3 Å². The molecule has 16 atom stereocenters. The number of nitrogen functional groups attached to an aromatic ring is 4. The van der Waals surface area contributed by atoms with Crippen molar-refractivity contribution in [3.05, 3.63) is 214 Å². The molecular weight excluding hydrogens is 1100 g/mol. The molecule has 8 unspecified atom stereocenters. The molecule has 0 saturated heterocycles. The van der Waals surface area contributed by atoms with Crippen molar-refractivity contribution in [2.75, 3.05) is 22.9 Å². The van der Waals surface area contributed by atoms with E-state index in [1.54, 1.807) is 61.4 Å². The van der Waals surface area contributed by atoms with E-state index in [1.807, 2.05) is 107 Å². The lowest BCUT2D eigenvalue weighted by Crippen LogP contribution is -2.38. The standard InChI is InChI=1S/4C18H23N3O/c2*1-12-9-14(15-6-7-20-11-16(15)19)10-13(2)18(12)21-8-4-3-5-17(21)22;2*1-12-9-14(15-6-8-20-11-16(15)19)10-13(2)18(12)22-17-5-3-4-7-21-17/h4*3-8,11-14,18H,9-10,19H2,1-2H3/t4*12-,13+,14?,18?. The first-order valence-corrected chi connectivity index (χ1v) is 31.7. The number of hydrogen-bond acceptors (Lipinski definition) is 14. The highest BCUT2D eigenvalue weighted by molar-refractivity contribution is 5.49. The summed E-state index contributed by atoms with van der Waals surface area (Å²) in [6, 6.07) is 31.0. The molecule has 4 aliphatic carbocycles. The number of hydrogen-bond donors (Lipinski definition) is 4. The Kier molecular flexibility index (Phi) is 21.8. The number of nitrogens with zero attached hydrogens (tertiary/aromatic N) is 8. The van der Waals surface area contributed by atoms with E-state index in [-0.39, 0.29) is 35.4 Å². The van der Waals surface area contributed by atoms with Crippen LogP contribution in [0.4, 0.5) is 22.7 Å². The predicted molar refractivity (Wildman–Crippen MR) is 353 cm³/mol. The number of pyridine rings is 8. The van der Waals surface area contributed by atoms with Crippen LogP contribution in [0.5, 0.6) is 11.8 Å². The molecular formula is C72H92N12O4. The van der Waals surface area contributed by atoms with Crippen LogP contribution in [0.3, 0.4) is 0 Å². The van der Waals surface area contributed by atoms with Crippen molar-refractivity contribution in [1.82, 2.24) is 39.0 Å². The molecule has 464 valence electrons. The summed E-state index contributed by atoms with van der Waals surface area (Å²) < 4.78 is 16.1. The minimum atomic E-state index is 0.0908. The van der Waals surface area contributed by atoms with E-state index >= 15 is 0 Å². The van der Waals surface area contributed by atoms with E-state index < -0.39 is 0 Å². The number of ether oxygens (including phenoxy) is 2. The van der Waals surface area contributed by atoms with Crippen LogP contribution >= 0.6 is 0 Å².